The molecule has 0 aromatic heterocycles. The molecule has 0 amide bonds. The number of fused-ring (bicyclic) bond motifs is 1. The van der Waals surface area contributed by atoms with Crippen molar-refractivity contribution < 1.29 is 14.2 Å². The molecule has 1 aromatic carbocycles. The van der Waals surface area contributed by atoms with Crippen LogP contribution in [0.5, 0.6) is 0 Å². The molecule has 0 bridgehead atoms. The maximum Gasteiger partial charge on any atom is 0.123 e. The second kappa shape index (κ2) is 4.49. The summed E-state index contributed by atoms with van der Waals surface area (Å²) in [5, 5.41) is 8.80. The summed E-state index contributed by atoms with van der Waals surface area (Å²) in [6, 6.07) is 4.70. The lowest BCUT2D eigenvalue weighted by molar-refractivity contribution is -0.0554. The van der Waals surface area contributed by atoms with Crippen LogP contribution >= 0.6 is 0 Å². The van der Waals surface area contributed by atoms with Crippen LogP contribution in [0.15, 0.2) is 18.2 Å². The molecule has 3 N–H and O–H groups in total. The highest BCUT2D eigenvalue weighted by atomic mass is 19.1. The van der Waals surface area contributed by atoms with Gasteiger partial charge in [-0.25, -0.2) is 4.39 Å². The average molecular weight is 225 g/mol. The Labute approximate surface area is 94.0 Å². The van der Waals surface area contributed by atoms with Crippen molar-refractivity contribution in [2.24, 2.45) is 5.73 Å². The Hall–Kier alpha value is -0.970. The highest BCUT2D eigenvalue weighted by Gasteiger charge is 2.38. The number of hydrogen-bond acceptors (Lipinski definition) is 3. The van der Waals surface area contributed by atoms with Crippen LogP contribution in [-0.4, -0.2) is 24.9 Å². The molecule has 0 aliphatic heterocycles. The van der Waals surface area contributed by atoms with Gasteiger partial charge in [0.05, 0.1) is 13.2 Å². The number of hydrogen-bond donors (Lipinski definition) is 2. The van der Waals surface area contributed by atoms with Crippen molar-refractivity contribution in [3.63, 3.8) is 0 Å². The molecule has 0 saturated heterocycles. The van der Waals surface area contributed by atoms with Crippen LogP contribution in [0.4, 0.5) is 4.39 Å². The highest BCUT2D eigenvalue weighted by molar-refractivity contribution is 5.38. The molecule has 0 radical (unpaired) electrons. The molecule has 0 heterocycles. The summed E-state index contributed by atoms with van der Waals surface area (Å²) in [6.07, 6.45) is 1.53. The van der Waals surface area contributed by atoms with Crippen LogP contribution in [0.25, 0.3) is 0 Å². The number of nitrogens with two attached hydrogens (primary N) is 1. The van der Waals surface area contributed by atoms with Gasteiger partial charge in [0, 0.05) is 6.54 Å². The number of halogens is 1. The second-order valence-corrected chi connectivity index (χ2v) is 4.07. The van der Waals surface area contributed by atoms with Crippen molar-refractivity contribution in [3.05, 3.63) is 35.1 Å². The zero-order chi connectivity index (χ0) is 11.6. The minimum atomic E-state index is -0.536. The Kier molecular flexibility index (Phi) is 3.23. The quantitative estimate of drug-likeness (QED) is 0.801. The minimum Gasteiger partial charge on any atom is -0.394 e. The van der Waals surface area contributed by atoms with E-state index in [1.165, 1.54) is 12.1 Å². The third-order valence-electron chi connectivity index (χ3n) is 3.16. The molecule has 1 aromatic rings. The molecule has 0 spiro atoms. The predicted molar refractivity (Wildman–Crippen MR) is 58.5 cm³/mol. The van der Waals surface area contributed by atoms with E-state index in [0.717, 1.165) is 24.0 Å². The molecular formula is C12H16FNO2. The van der Waals surface area contributed by atoms with Gasteiger partial charge in [-0.05, 0) is 36.1 Å². The lowest BCUT2D eigenvalue weighted by atomic mass is 9.96. The Morgan fingerprint density at radius 1 is 1.50 bits per heavy atom. The summed E-state index contributed by atoms with van der Waals surface area (Å²) in [4.78, 5) is 0. The molecule has 3 nitrogen and oxygen atoms in total. The number of aryl methyl sites for hydroxylation is 1. The topological polar surface area (TPSA) is 55.5 Å². The monoisotopic (exact) mass is 225 g/mol. The van der Waals surface area contributed by atoms with Gasteiger partial charge in [0.1, 0.15) is 11.4 Å². The number of aliphatic hydroxyl groups is 1. The fourth-order valence-electron chi connectivity index (χ4n) is 2.35. The summed E-state index contributed by atoms with van der Waals surface area (Å²) in [5.41, 5.74) is 7.15. The predicted octanol–water partition coefficient (Wildman–Crippen LogP) is 0.935. The summed E-state index contributed by atoms with van der Waals surface area (Å²) in [5.74, 6) is -0.228. The maximum atomic E-state index is 13.1. The summed E-state index contributed by atoms with van der Waals surface area (Å²) in [7, 11) is 0. The first-order chi connectivity index (χ1) is 7.72. The number of rotatable bonds is 4. The normalized spacial score (nSPS) is 23.4. The Morgan fingerprint density at radius 3 is 3.00 bits per heavy atom. The Bertz CT molecular complexity index is 383. The molecule has 1 aliphatic rings. The van der Waals surface area contributed by atoms with Crippen molar-refractivity contribution in [1.82, 2.24) is 0 Å². The van der Waals surface area contributed by atoms with E-state index in [9.17, 15) is 4.39 Å². The van der Waals surface area contributed by atoms with Crippen molar-refractivity contribution >= 4 is 0 Å². The molecule has 0 saturated carbocycles. The Balaban J connectivity index is 2.32. The number of aliphatic hydroxyl groups excluding tert-OH is 1. The van der Waals surface area contributed by atoms with Gasteiger partial charge in [-0.2, -0.15) is 0 Å². The molecule has 88 valence electrons. The molecular weight excluding hydrogens is 209 g/mol. The number of benzene rings is 1. The van der Waals surface area contributed by atoms with E-state index in [1.54, 1.807) is 6.07 Å². The third-order valence-corrected chi connectivity index (χ3v) is 3.16. The van der Waals surface area contributed by atoms with Crippen molar-refractivity contribution in [2.45, 2.75) is 18.4 Å². The summed E-state index contributed by atoms with van der Waals surface area (Å²) < 4.78 is 18.7. The van der Waals surface area contributed by atoms with E-state index < -0.39 is 5.60 Å². The van der Waals surface area contributed by atoms with Crippen molar-refractivity contribution in [3.8, 4) is 0 Å². The van der Waals surface area contributed by atoms with Crippen molar-refractivity contribution in [2.75, 3.05) is 19.8 Å². The first kappa shape index (κ1) is 11.5. The third kappa shape index (κ3) is 1.84. The number of ether oxygens (including phenoxy) is 1. The van der Waals surface area contributed by atoms with Crippen LogP contribution in [0.2, 0.25) is 0 Å². The second-order valence-electron chi connectivity index (χ2n) is 4.07. The largest absolute Gasteiger partial charge is 0.394 e. The van der Waals surface area contributed by atoms with E-state index in [-0.39, 0.29) is 19.0 Å². The fraction of sp³-hybridized carbons (Fsp3) is 0.500. The summed E-state index contributed by atoms with van der Waals surface area (Å²) in [6.45, 7) is 0.581. The van der Waals surface area contributed by atoms with Crippen LogP contribution in [0.1, 0.15) is 17.5 Å². The van der Waals surface area contributed by atoms with E-state index in [1.807, 2.05) is 0 Å². The zero-order valence-electron chi connectivity index (χ0n) is 9.08. The first-order valence-corrected chi connectivity index (χ1v) is 5.45. The smallest absolute Gasteiger partial charge is 0.123 e. The van der Waals surface area contributed by atoms with Crippen LogP contribution in [0.3, 0.4) is 0 Å². The van der Waals surface area contributed by atoms with Gasteiger partial charge in [-0.15, -0.1) is 0 Å². The molecule has 1 unspecified atom stereocenters. The molecule has 16 heavy (non-hydrogen) atoms. The van der Waals surface area contributed by atoms with Gasteiger partial charge < -0.3 is 15.6 Å². The molecule has 1 aliphatic carbocycles. The van der Waals surface area contributed by atoms with E-state index in [2.05, 4.69) is 0 Å². The molecule has 2 rings (SSSR count). The lowest BCUT2D eigenvalue weighted by Crippen LogP contribution is -2.36. The zero-order valence-corrected chi connectivity index (χ0v) is 9.08. The SMILES string of the molecule is NCC1(OCCO)CCc2cc(F)ccc21. The van der Waals surface area contributed by atoms with E-state index >= 15 is 0 Å². The van der Waals surface area contributed by atoms with Crippen LogP contribution in [-0.2, 0) is 16.8 Å². The van der Waals surface area contributed by atoms with Crippen molar-refractivity contribution in [1.29, 1.82) is 0 Å². The van der Waals surface area contributed by atoms with E-state index in [0.29, 0.717) is 6.54 Å². The van der Waals surface area contributed by atoms with Gasteiger partial charge in [0.2, 0.25) is 0 Å². The fourth-order valence-corrected chi connectivity index (χ4v) is 2.35. The standard InChI is InChI=1S/C12H16FNO2/c13-10-1-2-11-9(7-10)3-4-12(11,8-14)16-6-5-15/h1-2,7,15H,3-6,8,14H2. The van der Waals surface area contributed by atoms with Gasteiger partial charge in [0.25, 0.3) is 0 Å². The lowest BCUT2D eigenvalue weighted by Gasteiger charge is -2.29. The van der Waals surface area contributed by atoms with Crippen LogP contribution < -0.4 is 5.73 Å². The van der Waals surface area contributed by atoms with Crippen LogP contribution in [0, 0.1) is 5.82 Å². The van der Waals surface area contributed by atoms with Gasteiger partial charge in [0.15, 0.2) is 0 Å². The van der Waals surface area contributed by atoms with Gasteiger partial charge in [-0.1, -0.05) is 6.07 Å². The first-order valence-electron chi connectivity index (χ1n) is 5.45. The summed E-state index contributed by atoms with van der Waals surface area (Å²) >= 11 is 0. The molecule has 1 atom stereocenters. The molecule has 4 heteroatoms. The Morgan fingerprint density at radius 2 is 2.31 bits per heavy atom. The molecule has 0 fully saturated rings. The van der Waals surface area contributed by atoms with Gasteiger partial charge >= 0.3 is 0 Å². The average Bonchev–Trinajstić information content (AvgIpc) is 2.65. The highest BCUT2D eigenvalue weighted by Crippen LogP contribution is 2.39. The van der Waals surface area contributed by atoms with Gasteiger partial charge in [-0.3, -0.25) is 0 Å². The van der Waals surface area contributed by atoms with E-state index in [4.69, 9.17) is 15.6 Å². The maximum absolute atomic E-state index is 13.1. The minimum absolute atomic E-state index is 0.0295.